The predicted octanol–water partition coefficient (Wildman–Crippen LogP) is 0.00100. The molecular weight excluding hydrogens is 242 g/mol. The van der Waals surface area contributed by atoms with Crippen LogP contribution in [0.15, 0.2) is 0 Å². The maximum absolute atomic E-state index is 9.97. The van der Waals surface area contributed by atoms with Crippen LogP contribution in [0.25, 0.3) is 0 Å². The van der Waals surface area contributed by atoms with Crippen LogP contribution in [-0.2, 0) is 4.74 Å². The molecule has 5 nitrogen and oxygen atoms in total. The molecule has 114 valence electrons. The zero-order valence-corrected chi connectivity index (χ0v) is 12.6. The van der Waals surface area contributed by atoms with E-state index in [1.54, 1.807) is 0 Å². The molecule has 0 saturated carbocycles. The molecule has 1 aliphatic rings. The third-order valence-electron chi connectivity index (χ3n) is 3.54. The summed E-state index contributed by atoms with van der Waals surface area (Å²) in [7, 11) is 0. The first-order valence-electron chi connectivity index (χ1n) is 7.67. The van der Waals surface area contributed by atoms with Gasteiger partial charge in [-0.2, -0.15) is 0 Å². The minimum atomic E-state index is -0.278. The summed E-state index contributed by atoms with van der Waals surface area (Å²) in [5.74, 6) is 0. The molecule has 0 amide bonds. The number of likely N-dealkylation sites (N-methyl/N-ethyl adjacent to an activating group) is 1. The van der Waals surface area contributed by atoms with Gasteiger partial charge in [-0.25, -0.2) is 0 Å². The van der Waals surface area contributed by atoms with Gasteiger partial charge in [0.15, 0.2) is 0 Å². The molecule has 1 rings (SSSR count). The van der Waals surface area contributed by atoms with Crippen molar-refractivity contribution < 1.29 is 9.84 Å². The van der Waals surface area contributed by atoms with E-state index in [1.165, 1.54) is 6.42 Å². The molecule has 1 heterocycles. The Morgan fingerprint density at radius 3 is 2.63 bits per heavy atom. The lowest BCUT2D eigenvalue weighted by molar-refractivity contribution is 0.0149. The molecule has 1 atom stereocenters. The molecule has 1 fully saturated rings. The Morgan fingerprint density at radius 1 is 1.26 bits per heavy atom. The van der Waals surface area contributed by atoms with Crippen LogP contribution < -0.4 is 5.32 Å². The maximum atomic E-state index is 9.97. The summed E-state index contributed by atoms with van der Waals surface area (Å²) in [6.45, 7) is 13.6. The van der Waals surface area contributed by atoms with Gasteiger partial charge in [-0.15, -0.1) is 0 Å². The van der Waals surface area contributed by atoms with Crippen molar-refractivity contribution >= 4 is 0 Å². The third-order valence-corrected chi connectivity index (χ3v) is 3.54. The molecule has 1 unspecified atom stereocenters. The van der Waals surface area contributed by atoms with Crippen molar-refractivity contribution in [2.75, 3.05) is 65.6 Å². The first-order valence-corrected chi connectivity index (χ1v) is 7.67. The zero-order chi connectivity index (χ0) is 13.9. The lowest BCUT2D eigenvalue weighted by Crippen LogP contribution is -2.44. The second kappa shape index (κ2) is 10.6. The van der Waals surface area contributed by atoms with Gasteiger partial charge in [0.25, 0.3) is 0 Å². The van der Waals surface area contributed by atoms with Crippen LogP contribution in [0.5, 0.6) is 0 Å². The van der Waals surface area contributed by atoms with Gasteiger partial charge in [0, 0.05) is 39.3 Å². The average molecular weight is 273 g/mol. The Kier molecular flexibility index (Phi) is 9.38. The van der Waals surface area contributed by atoms with Crippen molar-refractivity contribution in [2.24, 2.45) is 0 Å². The molecule has 1 saturated heterocycles. The fraction of sp³-hybridized carbons (Fsp3) is 1.00. The van der Waals surface area contributed by atoms with Crippen molar-refractivity contribution in [3.63, 3.8) is 0 Å². The summed E-state index contributed by atoms with van der Waals surface area (Å²) < 4.78 is 5.30. The maximum Gasteiger partial charge on any atom is 0.0791 e. The molecule has 0 aromatic heterocycles. The van der Waals surface area contributed by atoms with Crippen LogP contribution in [0.4, 0.5) is 0 Å². The van der Waals surface area contributed by atoms with E-state index in [0.29, 0.717) is 6.54 Å². The van der Waals surface area contributed by atoms with E-state index in [-0.39, 0.29) is 6.10 Å². The SMILES string of the molecule is CCCN(CC)CCNCC(O)CN1CCOCC1. The summed E-state index contributed by atoms with van der Waals surface area (Å²) in [5.41, 5.74) is 0. The smallest absolute Gasteiger partial charge is 0.0791 e. The summed E-state index contributed by atoms with van der Waals surface area (Å²) in [6, 6.07) is 0. The highest BCUT2D eigenvalue weighted by Gasteiger charge is 2.14. The fourth-order valence-corrected chi connectivity index (χ4v) is 2.40. The Labute approximate surface area is 117 Å². The van der Waals surface area contributed by atoms with E-state index in [1.807, 2.05) is 0 Å². The van der Waals surface area contributed by atoms with E-state index < -0.39 is 0 Å². The number of hydrogen-bond acceptors (Lipinski definition) is 5. The highest BCUT2D eigenvalue weighted by molar-refractivity contribution is 4.69. The number of ether oxygens (including phenoxy) is 1. The third kappa shape index (κ3) is 7.84. The van der Waals surface area contributed by atoms with Gasteiger partial charge >= 0.3 is 0 Å². The normalized spacial score (nSPS) is 18.9. The minimum absolute atomic E-state index is 0.278. The Hall–Kier alpha value is -0.200. The Bertz CT molecular complexity index is 211. The summed E-state index contributed by atoms with van der Waals surface area (Å²) in [6.07, 6.45) is 0.924. The van der Waals surface area contributed by atoms with Gasteiger partial charge in [0.1, 0.15) is 0 Å². The Balaban J connectivity index is 2.01. The minimum Gasteiger partial charge on any atom is -0.390 e. The largest absolute Gasteiger partial charge is 0.390 e. The van der Waals surface area contributed by atoms with Crippen molar-refractivity contribution in [3.05, 3.63) is 0 Å². The Morgan fingerprint density at radius 2 is 2.00 bits per heavy atom. The number of hydrogen-bond donors (Lipinski definition) is 2. The van der Waals surface area contributed by atoms with Gasteiger partial charge in [-0.1, -0.05) is 13.8 Å². The van der Waals surface area contributed by atoms with Crippen molar-refractivity contribution in [2.45, 2.75) is 26.4 Å². The summed E-state index contributed by atoms with van der Waals surface area (Å²) >= 11 is 0. The van der Waals surface area contributed by atoms with Gasteiger partial charge in [-0.3, -0.25) is 4.90 Å². The monoisotopic (exact) mass is 273 g/mol. The van der Waals surface area contributed by atoms with Crippen LogP contribution in [0.2, 0.25) is 0 Å². The van der Waals surface area contributed by atoms with Crippen molar-refractivity contribution in [1.29, 1.82) is 0 Å². The molecule has 0 aromatic carbocycles. The second-order valence-electron chi connectivity index (χ2n) is 5.21. The highest BCUT2D eigenvalue weighted by Crippen LogP contribution is 1.98. The van der Waals surface area contributed by atoms with Crippen molar-refractivity contribution in [1.82, 2.24) is 15.1 Å². The predicted molar refractivity (Wildman–Crippen MR) is 78.5 cm³/mol. The van der Waals surface area contributed by atoms with E-state index in [2.05, 4.69) is 29.0 Å². The van der Waals surface area contributed by atoms with Gasteiger partial charge < -0.3 is 20.1 Å². The number of aliphatic hydroxyl groups excluding tert-OH is 1. The zero-order valence-electron chi connectivity index (χ0n) is 12.6. The van der Waals surface area contributed by atoms with Crippen LogP contribution in [-0.4, -0.2) is 86.6 Å². The molecule has 1 aliphatic heterocycles. The van der Waals surface area contributed by atoms with E-state index >= 15 is 0 Å². The number of morpholine rings is 1. The van der Waals surface area contributed by atoms with Crippen molar-refractivity contribution in [3.8, 4) is 0 Å². The second-order valence-corrected chi connectivity index (χ2v) is 5.21. The molecule has 0 radical (unpaired) electrons. The van der Waals surface area contributed by atoms with E-state index in [9.17, 15) is 5.11 Å². The molecule has 0 aromatic rings. The number of rotatable bonds is 10. The van der Waals surface area contributed by atoms with Gasteiger partial charge in [0.05, 0.1) is 19.3 Å². The topological polar surface area (TPSA) is 48.0 Å². The van der Waals surface area contributed by atoms with Crippen LogP contribution >= 0.6 is 0 Å². The standard InChI is InChI=1S/C14H31N3O2/c1-3-6-16(4-2)7-5-15-12-14(18)13-17-8-10-19-11-9-17/h14-15,18H,3-13H2,1-2H3. The van der Waals surface area contributed by atoms with Crippen LogP contribution in [0, 0.1) is 0 Å². The molecule has 5 heteroatoms. The quantitative estimate of drug-likeness (QED) is 0.549. The lowest BCUT2D eigenvalue weighted by Gasteiger charge is -2.28. The lowest BCUT2D eigenvalue weighted by atomic mass is 10.3. The highest BCUT2D eigenvalue weighted by atomic mass is 16.5. The molecule has 0 aliphatic carbocycles. The molecule has 0 spiro atoms. The van der Waals surface area contributed by atoms with Gasteiger partial charge in [0.2, 0.25) is 0 Å². The number of aliphatic hydroxyl groups is 1. The first-order chi connectivity index (χ1) is 9.26. The molecule has 2 N–H and O–H groups in total. The number of nitrogens with zero attached hydrogens (tertiary/aromatic N) is 2. The van der Waals surface area contributed by atoms with E-state index in [0.717, 1.165) is 59.0 Å². The molecule has 19 heavy (non-hydrogen) atoms. The average Bonchev–Trinajstić information content (AvgIpc) is 2.43. The molecule has 0 bridgehead atoms. The summed E-state index contributed by atoms with van der Waals surface area (Å²) in [4.78, 5) is 4.70. The van der Waals surface area contributed by atoms with E-state index in [4.69, 9.17) is 4.74 Å². The fourth-order valence-electron chi connectivity index (χ4n) is 2.40. The van der Waals surface area contributed by atoms with Gasteiger partial charge in [-0.05, 0) is 19.5 Å². The molecular formula is C14H31N3O2. The van der Waals surface area contributed by atoms with Crippen LogP contribution in [0.3, 0.4) is 0 Å². The number of β-amino-alcohol motifs (C(OH)–C–C–N with tert-alkyl or cyclic N) is 1. The first kappa shape index (κ1) is 16.9. The summed E-state index contributed by atoms with van der Waals surface area (Å²) in [5, 5.41) is 13.3. The number of nitrogens with one attached hydrogen (secondary N) is 1. The van der Waals surface area contributed by atoms with Crippen LogP contribution in [0.1, 0.15) is 20.3 Å².